The summed E-state index contributed by atoms with van der Waals surface area (Å²) in [5, 5.41) is 10.6. The van der Waals surface area contributed by atoms with Crippen LogP contribution in [0.25, 0.3) is 6.08 Å². The van der Waals surface area contributed by atoms with Gasteiger partial charge in [0.15, 0.2) is 0 Å². The van der Waals surface area contributed by atoms with Gasteiger partial charge in [-0.25, -0.2) is 13.6 Å². The minimum absolute atomic E-state index is 0.0151. The van der Waals surface area contributed by atoms with E-state index >= 15 is 0 Å². The normalized spacial score (nSPS) is 16.6. The monoisotopic (exact) mass is 341 g/mol. The van der Waals surface area contributed by atoms with Crippen LogP contribution in [0.2, 0.25) is 0 Å². The van der Waals surface area contributed by atoms with Crippen LogP contribution >= 0.6 is 0 Å². The Labute approximate surface area is 140 Å². The van der Waals surface area contributed by atoms with E-state index in [0.29, 0.717) is 17.0 Å². The Morgan fingerprint density at radius 1 is 1.04 bits per heavy atom. The number of rotatable bonds is 3. The van der Waals surface area contributed by atoms with E-state index in [9.17, 15) is 13.2 Å². The largest absolute Gasteiger partial charge is 0.280 e. The van der Waals surface area contributed by atoms with E-state index in [2.05, 4.69) is 5.10 Å². The molecule has 0 aromatic heterocycles. The number of hydrazone groups is 1. The highest BCUT2D eigenvalue weighted by Gasteiger charge is 2.28. The molecular formula is C17H15N3O3S. The van der Waals surface area contributed by atoms with Crippen LogP contribution in [-0.2, 0) is 14.8 Å². The minimum Gasteiger partial charge on any atom is -0.267 e. The van der Waals surface area contributed by atoms with Crippen LogP contribution < -0.4 is 10.1 Å². The molecule has 1 heterocycles. The van der Waals surface area contributed by atoms with Crippen LogP contribution in [0.4, 0.5) is 5.69 Å². The summed E-state index contributed by atoms with van der Waals surface area (Å²) in [5.41, 5.74) is 2.47. The number of carbonyl (C=O) groups is 1. The fourth-order valence-corrected chi connectivity index (χ4v) is 2.87. The van der Waals surface area contributed by atoms with Crippen molar-refractivity contribution in [2.24, 2.45) is 10.2 Å². The van der Waals surface area contributed by atoms with Gasteiger partial charge < -0.3 is 0 Å². The average Bonchev–Trinajstić information content (AvgIpc) is 2.83. The molecule has 0 bridgehead atoms. The zero-order chi connectivity index (χ0) is 17.3. The summed E-state index contributed by atoms with van der Waals surface area (Å²) in [6.07, 6.45) is 1.78. The molecule has 2 aromatic rings. The Balaban J connectivity index is 1.92. The zero-order valence-corrected chi connectivity index (χ0v) is 13.7. The molecule has 122 valence electrons. The van der Waals surface area contributed by atoms with Gasteiger partial charge >= 0.3 is 0 Å². The second-order valence-corrected chi connectivity index (χ2v) is 6.87. The van der Waals surface area contributed by atoms with Gasteiger partial charge in [0.05, 0.1) is 21.9 Å². The first-order valence-corrected chi connectivity index (χ1v) is 8.70. The Bertz CT molecular complexity index is 946. The number of benzene rings is 2. The summed E-state index contributed by atoms with van der Waals surface area (Å²) >= 11 is 0. The van der Waals surface area contributed by atoms with E-state index < -0.39 is 10.0 Å². The van der Waals surface area contributed by atoms with E-state index in [1.807, 2.05) is 30.3 Å². The number of amides is 1. The number of anilines is 1. The summed E-state index contributed by atoms with van der Waals surface area (Å²) in [6.45, 7) is 1.76. The molecule has 0 radical (unpaired) electrons. The molecule has 1 aliphatic rings. The molecule has 0 atom stereocenters. The lowest BCUT2D eigenvalue weighted by atomic mass is 10.1. The summed E-state index contributed by atoms with van der Waals surface area (Å²) in [7, 11) is -3.77. The molecule has 1 amide bonds. The maximum absolute atomic E-state index is 12.6. The van der Waals surface area contributed by atoms with Gasteiger partial charge in [-0.05, 0) is 42.8 Å². The van der Waals surface area contributed by atoms with Crippen molar-refractivity contribution in [1.82, 2.24) is 0 Å². The van der Waals surface area contributed by atoms with Crippen LogP contribution in [0.1, 0.15) is 12.5 Å². The van der Waals surface area contributed by atoms with Crippen molar-refractivity contribution in [2.75, 3.05) is 5.01 Å². The van der Waals surface area contributed by atoms with Gasteiger partial charge in [-0.1, -0.05) is 30.3 Å². The molecule has 0 saturated heterocycles. The number of primary sulfonamides is 1. The zero-order valence-electron chi connectivity index (χ0n) is 12.9. The van der Waals surface area contributed by atoms with Gasteiger partial charge in [0, 0.05) is 0 Å². The molecule has 0 fully saturated rings. The van der Waals surface area contributed by atoms with Crippen molar-refractivity contribution >= 4 is 33.4 Å². The molecule has 0 aliphatic carbocycles. The molecule has 7 heteroatoms. The lowest BCUT2D eigenvalue weighted by Gasteiger charge is -2.12. The van der Waals surface area contributed by atoms with Crippen molar-refractivity contribution < 1.29 is 13.2 Å². The number of nitrogens with two attached hydrogens (primary N) is 1. The summed E-state index contributed by atoms with van der Waals surface area (Å²) in [4.78, 5) is 12.6. The molecule has 24 heavy (non-hydrogen) atoms. The lowest BCUT2D eigenvalue weighted by Crippen LogP contribution is -2.21. The number of sulfonamides is 1. The number of nitrogens with zero attached hydrogens (tertiary/aromatic N) is 2. The second kappa shape index (κ2) is 6.03. The fourth-order valence-electron chi connectivity index (χ4n) is 2.35. The maximum atomic E-state index is 12.6. The lowest BCUT2D eigenvalue weighted by molar-refractivity contribution is -0.114. The number of carbonyl (C=O) groups excluding carboxylic acids is 1. The minimum atomic E-state index is -3.77. The van der Waals surface area contributed by atoms with Crippen molar-refractivity contribution in [1.29, 1.82) is 0 Å². The first-order valence-electron chi connectivity index (χ1n) is 7.16. The quantitative estimate of drug-likeness (QED) is 0.867. The van der Waals surface area contributed by atoms with Crippen LogP contribution in [0.3, 0.4) is 0 Å². The maximum Gasteiger partial charge on any atom is 0.280 e. The highest BCUT2D eigenvalue weighted by molar-refractivity contribution is 7.89. The van der Waals surface area contributed by atoms with Crippen LogP contribution in [0.15, 0.2) is 70.2 Å². The standard InChI is InChI=1S/C17H15N3O3S/c1-12-16(11-13-5-3-2-4-6-13)17(21)20(19-12)14-7-9-15(10-8-14)24(18,22)23/h2-11H,1H3,(H2,18,22,23)/b16-11-. The Morgan fingerprint density at radius 2 is 1.67 bits per heavy atom. The van der Waals surface area contributed by atoms with Gasteiger partial charge in [0.25, 0.3) is 5.91 Å². The third kappa shape index (κ3) is 3.12. The first-order chi connectivity index (χ1) is 11.4. The molecule has 0 spiro atoms. The van der Waals surface area contributed by atoms with Gasteiger partial charge in [0.1, 0.15) is 0 Å². The molecule has 1 aliphatic heterocycles. The van der Waals surface area contributed by atoms with Gasteiger partial charge in [0.2, 0.25) is 10.0 Å². The Kier molecular flexibility index (Phi) is 4.04. The molecule has 2 aromatic carbocycles. The van der Waals surface area contributed by atoms with E-state index in [1.54, 1.807) is 13.0 Å². The summed E-state index contributed by atoms with van der Waals surface area (Å²) < 4.78 is 22.6. The van der Waals surface area contributed by atoms with E-state index in [0.717, 1.165) is 5.56 Å². The highest BCUT2D eigenvalue weighted by Crippen LogP contribution is 2.25. The van der Waals surface area contributed by atoms with Crippen molar-refractivity contribution in [3.8, 4) is 0 Å². The van der Waals surface area contributed by atoms with Gasteiger partial charge in [-0.15, -0.1) is 0 Å². The van der Waals surface area contributed by atoms with Crippen LogP contribution in [0, 0.1) is 0 Å². The van der Waals surface area contributed by atoms with E-state index in [1.165, 1.54) is 29.3 Å². The predicted octanol–water partition coefficient (Wildman–Crippen LogP) is 2.14. The molecule has 6 nitrogen and oxygen atoms in total. The predicted molar refractivity (Wildman–Crippen MR) is 92.8 cm³/mol. The molecule has 2 N–H and O–H groups in total. The smallest absolute Gasteiger partial charge is 0.267 e. The van der Waals surface area contributed by atoms with E-state index in [4.69, 9.17) is 5.14 Å². The van der Waals surface area contributed by atoms with Crippen LogP contribution in [0.5, 0.6) is 0 Å². The van der Waals surface area contributed by atoms with Crippen LogP contribution in [-0.4, -0.2) is 20.0 Å². The van der Waals surface area contributed by atoms with Crippen molar-refractivity contribution in [3.05, 3.63) is 65.7 Å². The topological polar surface area (TPSA) is 92.8 Å². The number of hydrogen-bond donors (Lipinski definition) is 1. The Hall–Kier alpha value is -2.77. The Morgan fingerprint density at radius 3 is 2.25 bits per heavy atom. The van der Waals surface area contributed by atoms with Gasteiger partial charge in [-0.3, -0.25) is 4.79 Å². The third-order valence-electron chi connectivity index (χ3n) is 3.58. The molecule has 0 saturated carbocycles. The SMILES string of the molecule is CC1=NN(c2ccc(S(N)(=O)=O)cc2)C(=O)/C1=C\c1ccccc1. The van der Waals surface area contributed by atoms with E-state index in [-0.39, 0.29) is 10.8 Å². The fraction of sp³-hybridized carbons (Fsp3) is 0.0588. The van der Waals surface area contributed by atoms with Crippen molar-refractivity contribution in [2.45, 2.75) is 11.8 Å². The highest BCUT2D eigenvalue weighted by atomic mass is 32.2. The van der Waals surface area contributed by atoms with Crippen molar-refractivity contribution in [3.63, 3.8) is 0 Å². The average molecular weight is 341 g/mol. The van der Waals surface area contributed by atoms with Gasteiger partial charge in [-0.2, -0.15) is 10.1 Å². The summed E-state index contributed by atoms with van der Waals surface area (Å²) in [5.74, 6) is -0.264. The first kappa shape index (κ1) is 16.1. The third-order valence-corrected chi connectivity index (χ3v) is 4.51. The molecule has 3 rings (SSSR count). The summed E-state index contributed by atoms with van der Waals surface area (Å²) in [6, 6.07) is 15.2. The number of hydrogen-bond acceptors (Lipinski definition) is 4. The molecule has 0 unspecified atom stereocenters. The second-order valence-electron chi connectivity index (χ2n) is 5.31. The molecular weight excluding hydrogens is 326 g/mol.